The molecular formula is C17H16N2O3S. The molecule has 118 valence electrons. The molecular weight excluding hydrogens is 312 g/mol. The highest BCUT2D eigenvalue weighted by atomic mass is 32.2. The summed E-state index contributed by atoms with van der Waals surface area (Å²) in [4.78, 5) is 0.198. The fourth-order valence-corrected chi connectivity index (χ4v) is 2.54. The number of hydrogen-bond acceptors (Lipinski definition) is 4. The van der Waals surface area contributed by atoms with E-state index < -0.39 is 11.1 Å². The summed E-state index contributed by atoms with van der Waals surface area (Å²) in [6, 6.07) is 15.7. The van der Waals surface area contributed by atoms with E-state index in [9.17, 15) is 8.76 Å². The van der Waals surface area contributed by atoms with Gasteiger partial charge >= 0.3 is 5.89 Å². The molecule has 0 radical (unpaired) electrons. The van der Waals surface area contributed by atoms with Crippen molar-refractivity contribution in [3.05, 3.63) is 60.0 Å². The third-order valence-corrected chi connectivity index (χ3v) is 3.94. The molecule has 0 bridgehead atoms. The Morgan fingerprint density at radius 3 is 2.43 bits per heavy atom. The standard InChI is InChI=1S/C10H12NO.C7H5NO2S/c1-3-11-8(2)12-10-7-5-4-6-9(10)11;8-5-6-1-3-7(4-2-6)11(9)10/h4-7H,3H2,1-2H3;1-4H,(H,9,10)/q+1;/p-1. The van der Waals surface area contributed by atoms with Crippen LogP contribution in [0.3, 0.4) is 0 Å². The Bertz CT molecular complexity index is 864. The highest BCUT2D eigenvalue weighted by Crippen LogP contribution is 2.11. The van der Waals surface area contributed by atoms with Crippen LogP contribution < -0.4 is 4.57 Å². The quantitative estimate of drug-likeness (QED) is 0.535. The number of oxazole rings is 1. The fraction of sp³-hybridized carbons (Fsp3) is 0.176. The van der Waals surface area contributed by atoms with Crippen molar-refractivity contribution in [2.45, 2.75) is 25.3 Å². The zero-order chi connectivity index (χ0) is 16.8. The molecule has 1 heterocycles. The van der Waals surface area contributed by atoms with Crippen LogP contribution in [0.25, 0.3) is 11.1 Å². The van der Waals surface area contributed by atoms with Gasteiger partial charge in [-0.1, -0.05) is 12.1 Å². The molecule has 1 aromatic heterocycles. The summed E-state index contributed by atoms with van der Waals surface area (Å²) in [7, 11) is 0. The molecule has 0 aliphatic heterocycles. The monoisotopic (exact) mass is 328 g/mol. The van der Waals surface area contributed by atoms with Crippen molar-refractivity contribution < 1.29 is 17.7 Å². The molecule has 0 saturated carbocycles. The van der Waals surface area contributed by atoms with E-state index in [1.165, 1.54) is 29.8 Å². The van der Waals surface area contributed by atoms with Crippen molar-refractivity contribution >= 4 is 22.2 Å². The predicted molar refractivity (Wildman–Crippen MR) is 85.2 cm³/mol. The first kappa shape index (κ1) is 16.9. The smallest absolute Gasteiger partial charge is 0.344 e. The van der Waals surface area contributed by atoms with E-state index in [2.05, 4.69) is 17.6 Å². The highest BCUT2D eigenvalue weighted by molar-refractivity contribution is 7.79. The van der Waals surface area contributed by atoms with Gasteiger partial charge in [-0.3, -0.25) is 4.21 Å². The Kier molecular flexibility index (Phi) is 5.63. The van der Waals surface area contributed by atoms with Gasteiger partial charge in [0.05, 0.1) is 18.6 Å². The summed E-state index contributed by atoms with van der Waals surface area (Å²) < 4.78 is 28.4. The number of fused-ring (bicyclic) bond motifs is 1. The Labute approximate surface area is 137 Å². The van der Waals surface area contributed by atoms with Crippen molar-refractivity contribution in [1.29, 1.82) is 5.26 Å². The van der Waals surface area contributed by atoms with Crippen LogP contribution in [0.2, 0.25) is 0 Å². The number of hydrogen-bond donors (Lipinski definition) is 0. The Balaban J connectivity index is 0.000000168. The summed E-state index contributed by atoms with van der Waals surface area (Å²) in [5, 5.41) is 8.36. The van der Waals surface area contributed by atoms with Crippen molar-refractivity contribution in [2.24, 2.45) is 0 Å². The third kappa shape index (κ3) is 4.03. The number of nitriles is 1. The minimum absolute atomic E-state index is 0.198. The second-order valence-corrected chi connectivity index (χ2v) is 5.64. The van der Waals surface area contributed by atoms with Gasteiger partial charge in [0, 0.05) is 11.0 Å². The second-order valence-electron chi connectivity index (χ2n) is 4.70. The maximum Gasteiger partial charge on any atom is 0.344 e. The van der Waals surface area contributed by atoms with Gasteiger partial charge < -0.3 is 8.97 Å². The summed E-state index contributed by atoms with van der Waals surface area (Å²) in [6.07, 6.45) is 0. The van der Waals surface area contributed by atoms with E-state index in [-0.39, 0.29) is 4.90 Å². The third-order valence-electron chi connectivity index (χ3n) is 3.29. The molecule has 23 heavy (non-hydrogen) atoms. The zero-order valence-electron chi connectivity index (χ0n) is 12.9. The van der Waals surface area contributed by atoms with Crippen LogP contribution in [0.4, 0.5) is 0 Å². The van der Waals surface area contributed by atoms with E-state index in [0.717, 1.165) is 18.0 Å². The van der Waals surface area contributed by atoms with Gasteiger partial charge in [-0.25, -0.2) is 0 Å². The lowest BCUT2D eigenvalue weighted by atomic mass is 10.2. The van der Waals surface area contributed by atoms with Gasteiger partial charge in [0.25, 0.3) is 5.52 Å². The van der Waals surface area contributed by atoms with Crippen LogP contribution in [0, 0.1) is 18.3 Å². The van der Waals surface area contributed by atoms with E-state index >= 15 is 0 Å². The van der Waals surface area contributed by atoms with Crippen molar-refractivity contribution in [2.75, 3.05) is 0 Å². The van der Waals surface area contributed by atoms with Crippen LogP contribution in [-0.2, 0) is 17.6 Å². The number of aryl methyl sites for hydroxylation is 2. The Morgan fingerprint density at radius 2 is 1.87 bits per heavy atom. The maximum absolute atomic E-state index is 10.3. The molecule has 0 fully saturated rings. The lowest BCUT2D eigenvalue weighted by Gasteiger charge is -2.02. The molecule has 0 saturated heterocycles. The van der Waals surface area contributed by atoms with Gasteiger partial charge in [-0.05, 0) is 48.3 Å². The molecule has 0 N–H and O–H groups in total. The minimum Gasteiger partial charge on any atom is -0.768 e. The van der Waals surface area contributed by atoms with Gasteiger partial charge in [0.15, 0.2) is 0 Å². The number of nitrogens with zero attached hydrogens (tertiary/aromatic N) is 2. The van der Waals surface area contributed by atoms with Gasteiger partial charge in [-0.15, -0.1) is 0 Å². The average molecular weight is 328 g/mol. The first-order valence-corrected chi connectivity index (χ1v) is 8.11. The largest absolute Gasteiger partial charge is 0.768 e. The van der Waals surface area contributed by atoms with Gasteiger partial charge in [0.1, 0.15) is 6.54 Å². The second kappa shape index (κ2) is 7.68. The molecule has 3 aromatic rings. The Morgan fingerprint density at radius 1 is 1.22 bits per heavy atom. The highest BCUT2D eigenvalue weighted by Gasteiger charge is 2.15. The van der Waals surface area contributed by atoms with Crippen LogP contribution in [0.5, 0.6) is 0 Å². The van der Waals surface area contributed by atoms with Gasteiger partial charge in [0.2, 0.25) is 5.58 Å². The van der Waals surface area contributed by atoms with Crippen LogP contribution >= 0.6 is 0 Å². The summed E-state index contributed by atoms with van der Waals surface area (Å²) >= 11 is -2.20. The zero-order valence-corrected chi connectivity index (χ0v) is 13.7. The van der Waals surface area contributed by atoms with Gasteiger partial charge in [-0.2, -0.15) is 9.83 Å². The van der Waals surface area contributed by atoms with Crippen molar-refractivity contribution in [1.82, 2.24) is 0 Å². The van der Waals surface area contributed by atoms with Crippen molar-refractivity contribution in [3.8, 4) is 6.07 Å². The predicted octanol–water partition coefficient (Wildman–Crippen LogP) is 2.84. The lowest BCUT2D eigenvalue weighted by molar-refractivity contribution is -0.679. The molecule has 6 heteroatoms. The SMILES string of the molecule is CC[n+]1c(C)oc2ccccc21.N#Cc1ccc(S(=O)[O-])cc1. The van der Waals surface area contributed by atoms with E-state index in [1.807, 2.05) is 31.2 Å². The molecule has 3 rings (SSSR count). The molecule has 0 amide bonds. The number of benzene rings is 2. The number of aromatic nitrogens is 1. The molecule has 2 aromatic carbocycles. The molecule has 5 nitrogen and oxygen atoms in total. The first-order chi connectivity index (χ1) is 11.1. The fourth-order valence-electron chi connectivity index (χ4n) is 2.18. The summed E-state index contributed by atoms with van der Waals surface area (Å²) in [5.41, 5.74) is 2.61. The normalized spacial score (nSPS) is 11.4. The van der Waals surface area contributed by atoms with Crippen LogP contribution in [-0.4, -0.2) is 8.76 Å². The molecule has 1 atom stereocenters. The van der Waals surface area contributed by atoms with E-state index in [0.29, 0.717) is 5.56 Å². The summed E-state index contributed by atoms with van der Waals surface area (Å²) in [5.74, 6) is 0.971. The average Bonchev–Trinajstić information content (AvgIpc) is 2.90. The van der Waals surface area contributed by atoms with E-state index in [4.69, 9.17) is 9.68 Å². The number of para-hydroxylation sites is 2. The topological polar surface area (TPSA) is 80.9 Å². The van der Waals surface area contributed by atoms with Crippen LogP contribution in [0.15, 0.2) is 57.8 Å². The molecule has 1 unspecified atom stereocenters. The van der Waals surface area contributed by atoms with Crippen LogP contribution in [0.1, 0.15) is 18.4 Å². The summed E-state index contributed by atoms with van der Waals surface area (Å²) in [6.45, 7) is 5.07. The Hall–Kier alpha value is -2.49. The first-order valence-electron chi connectivity index (χ1n) is 7.04. The molecule has 0 spiro atoms. The molecule has 0 aliphatic carbocycles. The number of rotatable bonds is 2. The minimum atomic E-state index is -2.20. The van der Waals surface area contributed by atoms with E-state index in [1.54, 1.807) is 0 Å². The van der Waals surface area contributed by atoms with Crippen molar-refractivity contribution in [3.63, 3.8) is 0 Å². The molecule has 0 aliphatic rings. The lowest BCUT2D eigenvalue weighted by Crippen LogP contribution is -2.33. The maximum atomic E-state index is 10.3.